The third kappa shape index (κ3) is 6.38. The number of carbonyl (C=O) groups excluding carboxylic acids is 1. The molecule has 0 spiro atoms. The normalized spacial score (nSPS) is 28.6. The number of thioether (sulfide) groups is 1. The first-order valence-corrected chi connectivity index (χ1v) is 11.7. The van der Waals surface area contributed by atoms with Gasteiger partial charge >= 0.3 is 26.8 Å². The Labute approximate surface area is 166 Å². The second kappa shape index (κ2) is 9.04. The lowest BCUT2D eigenvalue weighted by Crippen LogP contribution is -2.59. The molecule has 0 aromatic heterocycles. The van der Waals surface area contributed by atoms with Crippen molar-refractivity contribution < 1.29 is 48.6 Å². The molecule has 1 aliphatic heterocycles. The molecule has 2 rings (SSSR count). The fraction of sp³-hybridized carbons (Fsp3) is 0.500. The number of esters is 1. The summed E-state index contributed by atoms with van der Waals surface area (Å²) in [5.41, 5.74) is -1.00. The maximum absolute atomic E-state index is 12.4. The highest BCUT2D eigenvalue weighted by Gasteiger charge is 2.51. The van der Waals surface area contributed by atoms with Crippen molar-refractivity contribution in [3.05, 3.63) is 35.9 Å². The summed E-state index contributed by atoms with van der Waals surface area (Å²) in [6, 6.07) is 7.67. The largest absolute Gasteiger partial charge is 0.453 e. The van der Waals surface area contributed by atoms with Crippen LogP contribution >= 0.6 is 11.8 Å². The lowest BCUT2D eigenvalue weighted by molar-refractivity contribution is -0.179. The Morgan fingerprint density at radius 2 is 1.54 bits per heavy atom. The minimum Gasteiger partial charge on any atom is -0.453 e. The summed E-state index contributed by atoms with van der Waals surface area (Å²) in [5.74, 6) is -0.877. The minimum atomic E-state index is -5.11. The van der Waals surface area contributed by atoms with E-state index >= 15 is 0 Å². The van der Waals surface area contributed by atoms with Gasteiger partial charge in [0.2, 0.25) is 0 Å². The summed E-state index contributed by atoms with van der Waals surface area (Å²) in [6.45, 7) is 1.43. The fourth-order valence-electron chi connectivity index (χ4n) is 2.58. The van der Waals surface area contributed by atoms with Gasteiger partial charge in [0, 0.05) is 0 Å². The molecule has 28 heavy (non-hydrogen) atoms. The van der Waals surface area contributed by atoms with Crippen LogP contribution in [0.3, 0.4) is 0 Å². The predicted octanol–water partition coefficient (Wildman–Crippen LogP) is 0.696. The van der Waals surface area contributed by atoms with Gasteiger partial charge in [0.25, 0.3) is 0 Å². The standard InChI is InChI=1S/C14H18O11S3/c1-8-10(23-13(15)9-6-4-3-5-7-9)11(24-27(16,17)18)12(14(22-8)26-2)25-28(19,20)21/h3-8,10-12,14H,1-2H3,(H,16,17,18)(H,19,20,21)/t8-,10-,11+,12+,14-/m0/s1. The highest BCUT2D eigenvalue weighted by Crippen LogP contribution is 2.34. The van der Waals surface area contributed by atoms with Gasteiger partial charge in [0.05, 0.1) is 11.7 Å². The van der Waals surface area contributed by atoms with E-state index in [1.54, 1.807) is 18.2 Å². The van der Waals surface area contributed by atoms with Gasteiger partial charge in [0.1, 0.15) is 17.6 Å². The molecule has 1 aliphatic rings. The van der Waals surface area contributed by atoms with Gasteiger partial charge in [-0.1, -0.05) is 18.2 Å². The lowest BCUT2D eigenvalue weighted by atomic mass is 10.0. The molecule has 0 bridgehead atoms. The molecule has 0 amide bonds. The van der Waals surface area contributed by atoms with E-state index in [4.69, 9.17) is 18.6 Å². The molecule has 1 fully saturated rings. The average Bonchev–Trinajstić information content (AvgIpc) is 2.58. The van der Waals surface area contributed by atoms with E-state index in [0.29, 0.717) is 0 Å². The van der Waals surface area contributed by atoms with Crippen molar-refractivity contribution in [2.75, 3.05) is 6.26 Å². The molecular formula is C14H18O11S3. The highest BCUT2D eigenvalue weighted by molar-refractivity contribution is 7.99. The molecule has 14 heteroatoms. The Kier molecular flexibility index (Phi) is 7.44. The van der Waals surface area contributed by atoms with Crippen molar-refractivity contribution in [1.82, 2.24) is 0 Å². The average molecular weight is 458 g/mol. The van der Waals surface area contributed by atoms with Gasteiger partial charge in [-0.3, -0.25) is 9.11 Å². The zero-order valence-electron chi connectivity index (χ0n) is 14.6. The van der Waals surface area contributed by atoms with E-state index in [1.807, 2.05) is 0 Å². The van der Waals surface area contributed by atoms with Crippen LogP contribution in [-0.4, -0.2) is 68.0 Å². The molecule has 0 radical (unpaired) electrons. The van der Waals surface area contributed by atoms with E-state index in [2.05, 4.69) is 8.37 Å². The minimum absolute atomic E-state index is 0.125. The molecule has 0 aliphatic carbocycles. The fourth-order valence-corrected chi connectivity index (χ4v) is 4.41. The number of rotatable bonds is 7. The summed E-state index contributed by atoms with van der Waals surface area (Å²) in [5, 5.41) is 0. The van der Waals surface area contributed by atoms with Crippen LogP contribution in [-0.2, 0) is 38.6 Å². The number of benzene rings is 1. The molecule has 11 nitrogen and oxygen atoms in total. The Morgan fingerprint density at radius 1 is 1.00 bits per heavy atom. The first-order valence-electron chi connectivity index (χ1n) is 7.67. The number of hydrogen-bond donors (Lipinski definition) is 2. The maximum atomic E-state index is 12.4. The van der Waals surface area contributed by atoms with Crippen molar-refractivity contribution in [3.8, 4) is 0 Å². The monoisotopic (exact) mass is 458 g/mol. The van der Waals surface area contributed by atoms with E-state index in [1.165, 1.54) is 25.3 Å². The molecule has 0 saturated carbocycles. The molecule has 5 atom stereocenters. The summed E-state index contributed by atoms with van der Waals surface area (Å²) in [7, 11) is -10.2. The van der Waals surface area contributed by atoms with Crippen LogP contribution in [0.2, 0.25) is 0 Å². The summed E-state index contributed by atoms with van der Waals surface area (Å²) >= 11 is 0.926. The van der Waals surface area contributed by atoms with Gasteiger partial charge in [-0.05, 0) is 25.3 Å². The topological polar surface area (TPSA) is 163 Å². The smallest absolute Gasteiger partial charge is 0.397 e. The first-order chi connectivity index (χ1) is 12.9. The number of carbonyl (C=O) groups is 1. The van der Waals surface area contributed by atoms with Crippen LogP contribution in [0.25, 0.3) is 0 Å². The number of ether oxygens (including phenoxy) is 2. The van der Waals surface area contributed by atoms with Crippen LogP contribution in [0.4, 0.5) is 0 Å². The second-order valence-corrected chi connectivity index (χ2v) is 8.69. The van der Waals surface area contributed by atoms with Crippen LogP contribution in [0.1, 0.15) is 17.3 Å². The molecule has 2 N–H and O–H groups in total. The zero-order valence-corrected chi connectivity index (χ0v) is 17.0. The third-order valence-electron chi connectivity index (χ3n) is 3.68. The third-order valence-corrected chi connectivity index (χ3v) is 5.45. The summed E-state index contributed by atoms with van der Waals surface area (Å²) in [6.07, 6.45) is -4.55. The molecule has 0 unspecified atom stereocenters. The molecule has 1 saturated heterocycles. The first kappa shape index (κ1) is 23.0. The van der Waals surface area contributed by atoms with Crippen molar-refractivity contribution in [3.63, 3.8) is 0 Å². The van der Waals surface area contributed by atoms with E-state index < -0.39 is 56.6 Å². The SMILES string of the molecule is CS[C@@H]1O[C@@H](C)[C@H](OC(=O)c2ccccc2)[C@@H](OS(=O)(=O)O)[C@H]1OS(=O)(=O)O. The maximum Gasteiger partial charge on any atom is 0.397 e. The Morgan fingerprint density at radius 3 is 2.04 bits per heavy atom. The predicted molar refractivity (Wildman–Crippen MR) is 96.3 cm³/mol. The Hall–Kier alpha value is -1.26. The van der Waals surface area contributed by atoms with Crippen LogP contribution in [0.5, 0.6) is 0 Å². The Bertz CT molecular complexity index is 884. The lowest BCUT2D eigenvalue weighted by Gasteiger charge is -2.42. The molecule has 1 heterocycles. The van der Waals surface area contributed by atoms with Crippen molar-refractivity contribution in [2.24, 2.45) is 0 Å². The van der Waals surface area contributed by atoms with Crippen molar-refractivity contribution >= 4 is 38.5 Å². The second-order valence-electron chi connectivity index (χ2n) is 5.66. The summed E-state index contributed by atoms with van der Waals surface area (Å²) in [4.78, 5) is 12.4. The number of hydrogen-bond acceptors (Lipinski definition) is 10. The van der Waals surface area contributed by atoms with Crippen LogP contribution in [0, 0.1) is 0 Å². The quantitative estimate of drug-likeness (QED) is 0.435. The van der Waals surface area contributed by atoms with Gasteiger partial charge in [-0.2, -0.15) is 16.8 Å². The van der Waals surface area contributed by atoms with Gasteiger partial charge in [0.15, 0.2) is 6.10 Å². The zero-order chi connectivity index (χ0) is 21.1. The molecule has 1 aromatic carbocycles. The van der Waals surface area contributed by atoms with Crippen molar-refractivity contribution in [2.45, 2.75) is 36.8 Å². The molecule has 1 aromatic rings. The van der Waals surface area contributed by atoms with Crippen molar-refractivity contribution in [1.29, 1.82) is 0 Å². The molecular weight excluding hydrogens is 440 g/mol. The van der Waals surface area contributed by atoms with Gasteiger partial charge in [-0.25, -0.2) is 13.2 Å². The van der Waals surface area contributed by atoms with E-state index in [-0.39, 0.29) is 5.56 Å². The van der Waals surface area contributed by atoms with E-state index in [9.17, 15) is 21.6 Å². The van der Waals surface area contributed by atoms with E-state index in [0.717, 1.165) is 11.8 Å². The van der Waals surface area contributed by atoms with Gasteiger partial charge < -0.3 is 9.47 Å². The van der Waals surface area contributed by atoms with Gasteiger partial charge in [-0.15, -0.1) is 11.8 Å². The summed E-state index contributed by atoms with van der Waals surface area (Å²) < 4.78 is 82.9. The van der Waals surface area contributed by atoms with Crippen LogP contribution in [0.15, 0.2) is 30.3 Å². The Balaban J connectivity index is 2.40. The molecule has 158 valence electrons. The highest BCUT2D eigenvalue weighted by atomic mass is 32.3. The van der Waals surface area contributed by atoms with Crippen LogP contribution < -0.4 is 0 Å².